The van der Waals surface area contributed by atoms with Crippen LogP contribution in [0.2, 0.25) is 0 Å². The van der Waals surface area contributed by atoms with Crippen molar-refractivity contribution in [3.8, 4) is 11.5 Å². The number of hydrogen-bond acceptors (Lipinski definition) is 4. The summed E-state index contributed by atoms with van der Waals surface area (Å²) in [5.41, 5.74) is 2.60. The minimum atomic E-state index is -0.293. The molecule has 0 aliphatic rings. The molecule has 0 bridgehead atoms. The average Bonchev–Trinajstić information content (AvgIpc) is 2.79. The van der Waals surface area contributed by atoms with Crippen molar-refractivity contribution in [1.29, 1.82) is 0 Å². The lowest BCUT2D eigenvalue weighted by Gasteiger charge is -2.11. The van der Waals surface area contributed by atoms with Crippen LogP contribution in [0.3, 0.4) is 0 Å². The first kappa shape index (κ1) is 13.9. The minimum absolute atomic E-state index is 0.293. The standard InChI is InChI=1S/C14H17N3O3/c1-8-9(2)16-17-13(8)14(18)15-11-7-10(19-3)5-6-12(11)20-4/h5-7H,1-4H3,(H,15,18)(H,16,17). The normalized spacial score (nSPS) is 10.2. The Morgan fingerprint density at radius 1 is 1.25 bits per heavy atom. The molecule has 0 atom stereocenters. The van der Waals surface area contributed by atoms with Crippen molar-refractivity contribution in [3.05, 3.63) is 35.2 Å². The summed E-state index contributed by atoms with van der Waals surface area (Å²) in [7, 11) is 3.11. The third kappa shape index (κ3) is 2.59. The van der Waals surface area contributed by atoms with Gasteiger partial charge in [-0.3, -0.25) is 9.89 Å². The Kier molecular flexibility index (Phi) is 3.93. The fourth-order valence-corrected chi connectivity index (χ4v) is 1.80. The molecule has 6 heteroatoms. The van der Waals surface area contributed by atoms with E-state index in [0.717, 1.165) is 11.3 Å². The molecule has 1 amide bonds. The zero-order chi connectivity index (χ0) is 14.7. The number of aromatic nitrogens is 2. The number of aromatic amines is 1. The molecule has 0 unspecified atom stereocenters. The maximum atomic E-state index is 12.2. The van der Waals surface area contributed by atoms with Gasteiger partial charge in [-0.15, -0.1) is 0 Å². The highest BCUT2D eigenvalue weighted by Gasteiger charge is 2.16. The Bertz CT molecular complexity index is 635. The number of aryl methyl sites for hydroxylation is 1. The van der Waals surface area contributed by atoms with Gasteiger partial charge in [-0.1, -0.05) is 0 Å². The zero-order valence-electron chi connectivity index (χ0n) is 11.9. The Morgan fingerprint density at radius 2 is 2.00 bits per heavy atom. The summed E-state index contributed by atoms with van der Waals surface area (Å²) in [4.78, 5) is 12.2. The van der Waals surface area contributed by atoms with E-state index in [2.05, 4.69) is 15.5 Å². The topological polar surface area (TPSA) is 76.2 Å². The molecule has 0 saturated heterocycles. The van der Waals surface area contributed by atoms with E-state index < -0.39 is 0 Å². The van der Waals surface area contributed by atoms with Crippen LogP contribution >= 0.6 is 0 Å². The van der Waals surface area contributed by atoms with Gasteiger partial charge in [-0.25, -0.2) is 0 Å². The maximum Gasteiger partial charge on any atom is 0.276 e. The van der Waals surface area contributed by atoms with Crippen molar-refractivity contribution in [2.75, 3.05) is 19.5 Å². The predicted octanol–water partition coefficient (Wildman–Crippen LogP) is 2.30. The van der Waals surface area contributed by atoms with Gasteiger partial charge in [0.2, 0.25) is 0 Å². The molecule has 1 aromatic carbocycles. The first-order valence-corrected chi connectivity index (χ1v) is 6.11. The highest BCUT2D eigenvalue weighted by atomic mass is 16.5. The zero-order valence-corrected chi connectivity index (χ0v) is 11.9. The molecule has 0 spiro atoms. The van der Waals surface area contributed by atoms with Crippen LogP contribution in [-0.2, 0) is 0 Å². The van der Waals surface area contributed by atoms with Crippen LogP contribution in [0, 0.1) is 13.8 Å². The monoisotopic (exact) mass is 275 g/mol. The number of anilines is 1. The van der Waals surface area contributed by atoms with E-state index in [9.17, 15) is 4.79 Å². The molecule has 0 aliphatic carbocycles. The summed E-state index contributed by atoms with van der Waals surface area (Å²) in [5, 5.41) is 9.57. The van der Waals surface area contributed by atoms with E-state index in [1.54, 1.807) is 32.4 Å². The second-order valence-corrected chi connectivity index (χ2v) is 4.34. The number of nitrogens with one attached hydrogen (secondary N) is 2. The van der Waals surface area contributed by atoms with E-state index >= 15 is 0 Å². The second kappa shape index (κ2) is 5.64. The minimum Gasteiger partial charge on any atom is -0.497 e. The number of rotatable bonds is 4. The summed E-state index contributed by atoms with van der Waals surface area (Å²) >= 11 is 0. The van der Waals surface area contributed by atoms with Gasteiger partial charge < -0.3 is 14.8 Å². The molecular weight excluding hydrogens is 258 g/mol. The Hall–Kier alpha value is -2.50. The van der Waals surface area contributed by atoms with Gasteiger partial charge in [0.1, 0.15) is 11.5 Å². The van der Waals surface area contributed by atoms with Crippen LogP contribution in [0.5, 0.6) is 11.5 Å². The van der Waals surface area contributed by atoms with Crippen molar-refractivity contribution in [2.24, 2.45) is 0 Å². The molecule has 0 aliphatic heterocycles. The molecule has 2 rings (SSSR count). The second-order valence-electron chi connectivity index (χ2n) is 4.34. The van der Waals surface area contributed by atoms with Crippen LogP contribution in [0.25, 0.3) is 0 Å². The summed E-state index contributed by atoms with van der Waals surface area (Å²) in [5.74, 6) is 0.901. The fraction of sp³-hybridized carbons (Fsp3) is 0.286. The molecule has 0 fully saturated rings. The fourth-order valence-electron chi connectivity index (χ4n) is 1.80. The van der Waals surface area contributed by atoms with Crippen molar-refractivity contribution >= 4 is 11.6 Å². The highest BCUT2D eigenvalue weighted by Crippen LogP contribution is 2.29. The van der Waals surface area contributed by atoms with Crippen LogP contribution in [-0.4, -0.2) is 30.3 Å². The predicted molar refractivity (Wildman–Crippen MR) is 75.6 cm³/mol. The Balaban J connectivity index is 2.29. The smallest absolute Gasteiger partial charge is 0.276 e. The number of methoxy groups -OCH3 is 2. The summed E-state index contributed by atoms with van der Waals surface area (Å²) < 4.78 is 10.4. The molecule has 106 valence electrons. The van der Waals surface area contributed by atoms with Crippen LogP contribution in [0.1, 0.15) is 21.7 Å². The molecular formula is C14H17N3O3. The quantitative estimate of drug-likeness (QED) is 0.897. The number of nitrogens with zero attached hydrogens (tertiary/aromatic N) is 1. The average molecular weight is 275 g/mol. The first-order chi connectivity index (χ1) is 9.56. The van der Waals surface area contributed by atoms with E-state index in [0.29, 0.717) is 22.9 Å². The third-order valence-corrected chi connectivity index (χ3v) is 3.12. The third-order valence-electron chi connectivity index (χ3n) is 3.12. The molecule has 20 heavy (non-hydrogen) atoms. The van der Waals surface area contributed by atoms with Gasteiger partial charge in [0.25, 0.3) is 5.91 Å². The van der Waals surface area contributed by atoms with Gasteiger partial charge in [0.05, 0.1) is 19.9 Å². The Morgan fingerprint density at radius 3 is 2.55 bits per heavy atom. The first-order valence-electron chi connectivity index (χ1n) is 6.11. The lowest BCUT2D eigenvalue weighted by molar-refractivity contribution is 0.102. The lowest BCUT2D eigenvalue weighted by atomic mass is 10.2. The summed E-state index contributed by atoms with van der Waals surface area (Å²) in [6, 6.07) is 5.20. The number of hydrogen-bond donors (Lipinski definition) is 2. The van der Waals surface area contributed by atoms with Crippen molar-refractivity contribution in [1.82, 2.24) is 10.2 Å². The lowest BCUT2D eigenvalue weighted by Crippen LogP contribution is -2.14. The number of benzene rings is 1. The summed E-state index contributed by atoms with van der Waals surface area (Å²) in [6.07, 6.45) is 0. The number of ether oxygens (including phenoxy) is 2. The number of amides is 1. The van der Waals surface area contributed by atoms with Gasteiger partial charge >= 0.3 is 0 Å². The van der Waals surface area contributed by atoms with Crippen LogP contribution < -0.4 is 14.8 Å². The molecule has 2 aromatic rings. The van der Waals surface area contributed by atoms with Crippen molar-refractivity contribution < 1.29 is 14.3 Å². The van der Waals surface area contributed by atoms with Crippen molar-refractivity contribution in [2.45, 2.75) is 13.8 Å². The Labute approximate surface area is 117 Å². The maximum absolute atomic E-state index is 12.2. The van der Waals surface area contributed by atoms with E-state index in [-0.39, 0.29) is 5.91 Å². The van der Waals surface area contributed by atoms with E-state index in [1.807, 2.05) is 13.8 Å². The van der Waals surface area contributed by atoms with Crippen LogP contribution in [0.4, 0.5) is 5.69 Å². The van der Waals surface area contributed by atoms with Crippen molar-refractivity contribution in [3.63, 3.8) is 0 Å². The van der Waals surface area contributed by atoms with Crippen LogP contribution in [0.15, 0.2) is 18.2 Å². The largest absolute Gasteiger partial charge is 0.497 e. The summed E-state index contributed by atoms with van der Waals surface area (Å²) in [6.45, 7) is 3.71. The number of carbonyl (C=O) groups excluding carboxylic acids is 1. The molecule has 1 aromatic heterocycles. The number of carbonyl (C=O) groups is 1. The molecule has 2 N–H and O–H groups in total. The van der Waals surface area contributed by atoms with Gasteiger partial charge in [-0.2, -0.15) is 5.10 Å². The number of H-pyrrole nitrogens is 1. The van der Waals surface area contributed by atoms with Gasteiger partial charge in [0.15, 0.2) is 5.69 Å². The van der Waals surface area contributed by atoms with Gasteiger partial charge in [-0.05, 0) is 26.0 Å². The molecule has 0 saturated carbocycles. The van der Waals surface area contributed by atoms with E-state index in [1.165, 1.54) is 0 Å². The van der Waals surface area contributed by atoms with Gasteiger partial charge in [0, 0.05) is 17.3 Å². The molecule has 1 heterocycles. The molecule has 6 nitrogen and oxygen atoms in total. The van der Waals surface area contributed by atoms with E-state index in [4.69, 9.17) is 9.47 Å². The highest BCUT2D eigenvalue weighted by molar-refractivity contribution is 6.04. The SMILES string of the molecule is COc1ccc(OC)c(NC(=O)c2n[nH]c(C)c2C)c1. The molecule has 0 radical (unpaired) electrons.